The monoisotopic (exact) mass is 231 g/mol. The quantitative estimate of drug-likeness (QED) is 0.780. The van der Waals surface area contributed by atoms with Crippen LogP contribution < -0.4 is 5.32 Å². The zero-order chi connectivity index (χ0) is 12.9. The molecule has 16 heavy (non-hydrogen) atoms. The second-order valence-electron chi connectivity index (χ2n) is 5.39. The van der Waals surface area contributed by atoms with Gasteiger partial charge in [0.2, 0.25) is 0 Å². The number of amides is 1. The van der Waals surface area contributed by atoms with Crippen molar-refractivity contribution < 1.29 is 14.6 Å². The van der Waals surface area contributed by atoms with Gasteiger partial charge >= 0.3 is 6.09 Å². The first-order valence-corrected chi connectivity index (χ1v) is 5.85. The summed E-state index contributed by atoms with van der Waals surface area (Å²) in [5, 5.41) is 12.5. The lowest BCUT2D eigenvalue weighted by Crippen LogP contribution is -2.48. The minimum absolute atomic E-state index is 0.169. The molecule has 0 aromatic rings. The van der Waals surface area contributed by atoms with Crippen molar-refractivity contribution in [2.75, 3.05) is 0 Å². The average Bonchev–Trinajstić information content (AvgIpc) is 2.09. The molecule has 1 amide bonds. The van der Waals surface area contributed by atoms with Crippen LogP contribution in [-0.4, -0.2) is 28.9 Å². The number of carbonyl (C=O) groups excluding carboxylic acids is 1. The predicted octanol–water partition coefficient (Wildman–Crippen LogP) is 2.31. The first-order valence-electron chi connectivity index (χ1n) is 5.85. The number of nitrogens with one attached hydrogen (secondary N) is 1. The molecule has 96 valence electrons. The van der Waals surface area contributed by atoms with Crippen LogP contribution in [0.2, 0.25) is 0 Å². The SMILES string of the molecule is CC[C@H](O)[C@@H](NC(=O)OC(C)(C)C)C(C)C. The van der Waals surface area contributed by atoms with Crippen molar-refractivity contribution in [1.29, 1.82) is 0 Å². The highest BCUT2D eigenvalue weighted by atomic mass is 16.6. The summed E-state index contributed by atoms with van der Waals surface area (Å²) in [6.07, 6.45) is -0.398. The zero-order valence-electron chi connectivity index (χ0n) is 11.2. The second-order valence-corrected chi connectivity index (χ2v) is 5.39. The summed E-state index contributed by atoms with van der Waals surface area (Å²) < 4.78 is 5.15. The van der Waals surface area contributed by atoms with Crippen LogP contribution in [0.25, 0.3) is 0 Å². The molecule has 0 spiro atoms. The first-order chi connectivity index (χ1) is 7.17. The summed E-state index contributed by atoms with van der Waals surface area (Å²) in [6, 6.07) is -0.264. The van der Waals surface area contributed by atoms with Crippen LogP contribution in [0.1, 0.15) is 48.0 Å². The van der Waals surface area contributed by atoms with Crippen molar-refractivity contribution in [2.24, 2.45) is 5.92 Å². The molecule has 4 nitrogen and oxygen atoms in total. The molecule has 0 aliphatic heterocycles. The maximum atomic E-state index is 11.5. The molecule has 2 atom stereocenters. The van der Waals surface area contributed by atoms with Gasteiger partial charge in [-0.15, -0.1) is 0 Å². The van der Waals surface area contributed by atoms with Gasteiger partial charge in [-0.25, -0.2) is 4.79 Å². The highest BCUT2D eigenvalue weighted by Crippen LogP contribution is 2.12. The minimum atomic E-state index is -0.535. The number of rotatable bonds is 4. The zero-order valence-corrected chi connectivity index (χ0v) is 11.2. The van der Waals surface area contributed by atoms with Crippen LogP contribution in [0.5, 0.6) is 0 Å². The van der Waals surface area contributed by atoms with Crippen LogP contribution in [0.15, 0.2) is 0 Å². The number of aliphatic hydroxyl groups is 1. The molecule has 0 aliphatic rings. The number of hydrogen-bond acceptors (Lipinski definition) is 3. The van der Waals surface area contributed by atoms with E-state index in [1.54, 1.807) is 0 Å². The lowest BCUT2D eigenvalue weighted by Gasteiger charge is -2.28. The molecule has 2 N–H and O–H groups in total. The molecule has 0 aromatic heterocycles. The van der Waals surface area contributed by atoms with Crippen LogP contribution >= 0.6 is 0 Å². The largest absolute Gasteiger partial charge is 0.444 e. The predicted molar refractivity (Wildman–Crippen MR) is 64.3 cm³/mol. The lowest BCUT2D eigenvalue weighted by molar-refractivity contribution is 0.0370. The van der Waals surface area contributed by atoms with Crippen molar-refractivity contribution in [3.05, 3.63) is 0 Å². The van der Waals surface area contributed by atoms with E-state index in [1.807, 2.05) is 41.5 Å². The van der Waals surface area contributed by atoms with E-state index in [0.29, 0.717) is 6.42 Å². The Morgan fingerprint density at radius 1 is 1.38 bits per heavy atom. The van der Waals surface area contributed by atoms with Crippen molar-refractivity contribution in [3.63, 3.8) is 0 Å². The molecule has 0 saturated heterocycles. The number of alkyl carbamates (subject to hydrolysis) is 1. The van der Waals surface area contributed by atoms with Crippen LogP contribution in [0, 0.1) is 5.92 Å². The van der Waals surface area contributed by atoms with Crippen LogP contribution in [0.4, 0.5) is 4.79 Å². The fraction of sp³-hybridized carbons (Fsp3) is 0.917. The molecular formula is C12H25NO3. The molecule has 0 radical (unpaired) electrons. The maximum absolute atomic E-state index is 11.5. The number of aliphatic hydroxyl groups excluding tert-OH is 1. The highest BCUT2D eigenvalue weighted by molar-refractivity contribution is 5.68. The van der Waals surface area contributed by atoms with Crippen molar-refractivity contribution in [2.45, 2.75) is 65.7 Å². The molecule has 0 bridgehead atoms. The second kappa shape index (κ2) is 6.09. The average molecular weight is 231 g/mol. The van der Waals surface area contributed by atoms with Crippen molar-refractivity contribution in [1.82, 2.24) is 5.32 Å². The van der Waals surface area contributed by atoms with Gasteiger partial charge in [0.25, 0.3) is 0 Å². The number of hydrogen-bond donors (Lipinski definition) is 2. The van der Waals surface area contributed by atoms with E-state index in [1.165, 1.54) is 0 Å². The number of carbonyl (C=O) groups is 1. The fourth-order valence-corrected chi connectivity index (χ4v) is 1.40. The molecule has 0 heterocycles. The van der Waals surface area contributed by atoms with E-state index < -0.39 is 17.8 Å². The van der Waals surface area contributed by atoms with Crippen LogP contribution in [0.3, 0.4) is 0 Å². The van der Waals surface area contributed by atoms with Gasteiger partial charge in [0.1, 0.15) is 5.60 Å². The number of ether oxygens (including phenoxy) is 1. The smallest absolute Gasteiger partial charge is 0.407 e. The van der Waals surface area contributed by atoms with Gasteiger partial charge in [0.05, 0.1) is 12.1 Å². The summed E-state index contributed by atoms with van der Waals surface area (Å²) >= 11 is 0. The van der Waals surface area contributed by atoms with E-state index >= 15 is 0 Å². The molecule has 0 saturated carbocycles. The summed E-state index contributed by atoms with van der Waals surface area (Å²) in [5.41, 5.74) is -0.511. The summed E-state index contributed by atoms with van der Waals surface area (Å²) in [6.45, 7) is 11.2. The van der Waals surface area contributed by atoms with Crippen molar-refractivity contribution >= 4 is 6.09 Å². The highest BCUT2D eigenvalue weighted by Gasteiger charge is 2.25. The third kappa shape index (κ3) is 5.95. The van der Waals surface area contributed by atoms with Gasteiger partial charge in [-0.1, -0.05) is 20.8 Å². The Bertz CT molecular complexity index is 221. The van der Waals surface area contributed by atoms with Crippen molar-refractivity contribution in [3.8, 4) is 0 Å². The third-order valence-corrected chi connectivity index (χ3v) is 2.23. The maximum Gasteiger partial charge on any atom is 0.407 e. The van der Waals surface area contributed by atoms with Gasteiger partial charge in [-0.3, -0.25) is 0 Å². The van der Waals surface area contributed by atoms with Gasteiger partial charge in [-0.2, -0.15) is 0 Å². The lowest BCUT2D eigenvalue weighted by atomic mass is 9.97. The topological polar surface area (TPSA) is 58.6 Å². The third-order valence-electron chi connectivity index (χ3n) is 2.23. The van der Waals surface area contributed by atoms with E-state index in [0.717, 1.165) is 0 Å². The Balaban J connectivity index is 4.36. The fourth-order valence-electron chi connectivity index (χ4n) is 1.40. The van der Waals surface area contributed by atoms with Crippen LogP contribution in [-0.2, 0) is 4.74 Å². The molecule has 0 unspecified atom stereocenters. The Labute approximate surface area is 98.4 Å². The Morgan fingerprint density at radius 2 is 1.88 bits per heavy atom. The molecule has 0 rings (SSSR count). The standard InChI is InChI=1S/C12H25NO3/c1-7-9(14)10(8(2)3)13-11(15)16-12(4,5)6/h8-10,14H,7H2,1-6H3,(H,13,15)/t9-,10-/m0/s1. The molecular weight excluding hydrogens is 206 g/mol. The van der Waals surface area contributed by atoms with Gasteiger partial charge in [0, 0.05) is 0 Å². The summed E-state index contributed by atoms with van der Waals surface area (Å²) in [5.74, 6) is 0.169. The Kier molecular flexibility index (Phi) is 5.79. The normalized spacial score (nSPS) is 15.8. The molecule has 4 heteroatoms. The first kappa shape index (κ1) is 15.2. The Hall–Kier alpha value is -0.770. The van der Waals surface area contributed by atoms with Gasteiger partial charge in [-0.05, 0) is 33.1 Å². The summed E-state index contributed by atoms with van der Waals surface area (Å²) in [4.78, 5) is 11.5. The molecule has 0 fully saturated rings. The minimum Gasteiger partial charge on any atom is -0.444 e. The van der Waals surface area contributed by atoms with E-state index in [4.69, 9.17) is 4.74 Å². The van der Waals surface area contributed by atoms with Gasteiger partial charge in [0.15, 0.2) is 0 Å². The molecule has 0 aromatic carbocycles. The van der Waals surface area contributed by atoms with E-state index in [9.17, 15) is 9.90 Å². The van der Waals surface area contributed by atoms with E-state index in [2.05, 4.69) is 5.32 Å². The summed E-state index contributed by atoms with van der Waals surface area (Å²) in [7, 11) is 0. The Morgan fingerprint density at radius 3 is 2.19 bits per heavy atom. The van der Waals surface area contributed by atoms with Gasteiger partial charge < -0.3 is 15.2 Å². The van der Waals surface area contributed by atoms with E-state index in [-0.39, 0.29) is 12.0 Å². The molecule has 0 aliphatic carbocycles.